The van der Waals surface area contributed by atoms with E-state index in [-0.39, 0.29) is 24.7 Å². The topological polar surface area (TPSA) is 65.1 Å². The number of hydrogen-bond acceptors (Lipinski definition) is 2. The molecule has 1 aromatic heterocycles. The average molecular weight is 292 g/mol. The number of H-pyrrole nitrogens is 1. The molecule has 21 heavy (non-hydrogen) atoms. The highest BCUT2D eigenvalue weighted by Crippen LogP contribution is 2.20. The first-order chi connectivity index (χ1) is 9.97. The highest BCUT2D eigenvalue weighted by atomic mass is 19.1. The lowest BCUT2D eigenvalue weighted by atomic mass is 9.97. The summed E-state index contributed by atoms with van der Waals surface area (Å²) in [5.41, 5.74) is 0.693. The van der Waals surface area contributed by atoms with Crippen LogP contribution in [0.4, 0.5) is 4.39 Å². The minimum atomic E-state index is -0.859. The summed E-state index contributed by atoms with van der Waals surface area (Å²) in [5, 5.41) is 13.6. The molecular formula is C16H21FN2O2. The normalized spacial score (nSPS) is 11.8. The maximum atomic E-state index is 13.3. The van der Waals surface area contributed by atoms with Crippen molar-refractivity contribution in [1.29, 1.82) is 0 Å². The maximum absolute atomic E-state index is 13.3. The van der Waals surface area contributed by atoms with E-state index in [1.54, 1.807) is 12.3 Å². The van der Waals surface area contributed by atoms with Gasteiger partial charge in [0.15, 0.2) is 0 Å². The number of aliphatic hydroxyl groups is 1. The quantitative estimate of drug-likeness (QED) is 0.766. The van der Waals surface area contributed by atoms with Crippen molar-refractivity contribution in [2.24, 2.45) is 0 Å². The van der Waals surface area contributed by atoms with E-state index in [1.165, 1.54) is 12.1 Å². The number of carbonyl (C=O) groups is 1. The third-order valence-corrected chi connectivity index (χ3v) is 4.01. The van der Waals surface area contributed by atoms with E-state index in [9.17, 15) is 14.3 Å². The van der Waals surface area contributed by atoms with Gasteiger partial charge in [-0.05, 0) is 36.6 Å². The van der Waals surface area contributed by atoms with Crippen molar-refractivity contribution in [2.45, 2.75) is 38.7 Å². The van der Waals surface area contributed by atoms with Crippen molar-refractivity contribution in [1.82, 2.24) is 10.3 Å². The molecule has 5 heteroatoms. The Bertz CT molecular complexity index is 632. The smallest absolute Gasteiger partial charge is 0.224 e. The molecule has 0 fully saturated rings. The molecule has 0 aliphatic heterocycles. The van der Waals surface area contributed by atoms with Crippen LogP contribution in [0.1, 0.15) is 32.3 Å². The minimum absolute atomic E-state index is 0.160. The van der Waals surface area contributed by atoms with Gasteiger partial charge in [-0.1, -0.05) is 13.8 Å². The molecule has 2 rings (SSSR count). The Hall–Kier alpha value is -1.88. The van der Waals surface area contributed by atoms with Crippen LogP contribution in [0.3, 0.4) is 0 Å². The molecule has 1 amide bonds. The van der Waals surface area contributed by atoms with Crippen LogP contribution in [-0.4, -0.2) is 28.1 Å². The summed E-state index contributed by atoms with van der Waals surface area (Å²) in [6.45, 7) is 4.01. The second kappa shape index (κ2) is 6.26. The standard InChI is InChI=1S/C16H21FN2O2/c1-3-16(21,4-2)10-19-15(20)7-11-9-18-14-6-5-12(17)8-13(11)14/h5-6,8-9,18,21H,3-4,7,10H2,1-2H3,(H,19,20). The van der Waals surface area contributed by atoms with Gasteiger partial charge in [0.25, 0.3) is 0 Å². The van der Waals surface area contributed by atoms with Gasteiger partial charge >= 0.3 is 0 Å². The van der Waals surface area contributed by atoms with Crippen molar-refractivity contribution >= 4 is 16.8 Å². The Morgan fingerprint density at radius 2 is 2.10 bits per heavy atom. The average Bonchev–Trinajstić information content (AvgIpc) is 2.87. The van der Waals surface area contributed by atoms with Gasteiger partial charge in [0, 0.05) is 23.6 Å². The number of benzene rings is 1. The van der Waals surface area contributed by atoms with Gasteiger partial charge in [0.1, 0.15) is 5.82 Å². The van der Waals surface area contributed by atoms with Gasteiger partial charge in [0.2, 0.25) is 5.91 Å². The van der Waals surface area contributed by atoms with Gasteiger partial charge in [-0.2, -0.15) is 0 Å². The highest BCUT2D eigenvalue weighted by Gasteiger charge is 2.22. The minimum Gasteiger partial charge on any atom is -0.388 e. The third-order valence-electron chi connectivity index (χ3n) is 4.01. The molecule has 0 radical (unpaired) electrons. The molecule has 0 atom stereocenters. The molecular weight excluding hydrogens is 271 g/mol. The lowest BCUT2D eigenvalue weighted by Crippen LogP contribution is -2.42. The van der Waals surface area contributed by atoms with Crippen LogP contribution in [-0.2, 0) is 11.2 Å². The SMILES string of the molecule is CCC(O)(CC)CNC(=O)Cc1c[nH]c2ccc(F)cc12. The van der Waals surface area contributed by atoms with Crippen LogP contribution in [0.25, 0.3) is 10.9 Å². The van der Waals surface area contributed by atoms with Crippen LogP contribution in [0.2, 0.25) is 0 Å². The summed E-state index contributed by atoms with van der Waals surface area (Å²) >= 11 is 0. The van der Waals surface area contributed by atoms with E-state index in [4.69, 9.17) is 0 Å². The van der Waals surface area contributed by atoms with Crippen molar-refractivity contribution in [2.75, 3.05) is 6.54 Å². The number of fused-ring (bicyclic) bond motifs is 1. The Labute approximate surface area is 123 Å². The molecule has 0 aliphatic rings. The van der Waals surface area contributed by atoms with Crippen LogP contribution in [0.15, 0.2) is 24.4 Å². The monoisotopic (exact) mass is 292 g/mol. The predicted molar refractivity (Wildman–Crippen MR) is 80.5 cm³/mol. The van der Waals surface area contributed by atoms with Crippen LogP contribution in [0, 0.1) is 5.82 Å². The van der Waals surface area contributed by atoms with Crippen molar-refractivity contribution in [3.05, 3.63) is 35.8 Å². The van der Waals surface area contributed by atoms with Gasteiger partial charge < -0.3 is 15.4 Å². The number of rotatable bonds is 6. The summed E-state index contributed by atoms with van der Waals surface area (Å²) in [6, 6.07) is 4.45. The molecule has 3 N–H and O–H groups in total. The van der Waals surface area contributed by atoms with E-state index in [2.05, 4.69) is 10.3 Å². The number of halogens is 1. The van der Waals surface area contributed by atoms with Crippen molar-refractivity contribution in [3.63, 3.8) is 0 Å². The first-order valence-electron chi connectivity index (χ1n) is 7.22. The van der Waals surface area contributed by atoms with Crippen LogP contribution in [0.5, 0.6) is 0 Å². The summed E-state index contributed by atoms with van der Waals surface area (Å²) in [4.78, 5) is 15.0. The summed E-state index contributed by atoms with van der Waals surface area (Å²) in [7, 11) is 0. The van der Waals surface area contributed by atoms with E-state index in [0.29, 0.717) is 18.2 Å². The number of aromatic amines is 1. The molecule has 0 unspecified atom stereocenters. The van der Waals surface area contributed by atoms with Crippen LogP contribution < -0.4 is 5.32 Å². The molecule has 0 saturated heterocycles. The number of hydrogen-bond donors (Lipinski definition) is 3. The van der Waals surface area contributed by atoms with Gasteiger partial charge in [0.05, 0.1) is 12.0 Å². The lowest BCUT2D eigenvalue weighted by Gasteiger charge is -2.25. The summed E-state index contributed by atoms with van der Waals surface area (Å²) in [5.74, 6) is -0.504. The van der Waals surface area contributed by atoms with Crippen molar-refractivity contribution < 1.29 is 14.3 Å². The van der Waals surface area contributed by atoms with E-state index in [0.717, 1.165) is 11.1 Å². The lowest BCUT2D eigenvalue weighted by molar-refractivity contribution is -0.121. The fraction of sp³-hybridized carbons (Fsp3) is 0.438. The molecule has 114 valence electrons. The molecule has 0 saturated carbocycles. The molecule has 4 nitrogen and oxygen atoms in total. The fourth-order valence-corrected chi connectivity index (χ4v) is 2.30. The van der Waals surface area contributed by atoms with Crippen LogP contribution >= 0.6 is 0 Å². The molecule has 1 aromatic carbocycles. The number of aromatic nitrogens is 1. The van der Waals surface area contributed by atoms with Gasteiger partial charge in [-0.25, -0.2) is 4.39 Å². The zero-order chi connectivity index (χ0) is 15.5. The summed E-state index contributed by atoms with van der Waals surface area (Å²) in [6.07, 6.45) is 3.05. The highest BCUT2D eigenvalue weighted by molar-refractivity contribution is 5.88. The largest absolute Gasteiger partial charge is 0.388 e. The zero-order valence-electron chi connectivity index (χ0n) is 12.4. The second-order valence-electron chi connectivity index (χ2n) is 5.39. The molecule has 1 heterocycles. The molecule has 2 aromatic rings. The Morgan fingerprint density at radius 3 is 2.76 bits per heavy atom. The summed E-state index contributed by atoms with van der Waals surface area (Å²) < 4.78 is 13.3. The zero-order valence-corrected chi connectivity index (χ0v) is 12.4. The molecule has 0 bridgehead atoms. The number of carbonyl (C=O) groups excluding carboxylic acids is 1. The number of nitrogens with one attached hydrogen (secondary N) is 2. The van der Waals surface area contributed by atoms with E-state index < -0.39 is 5.60 Å². The van der Waals surface area contributed by atoms with Gasteiger partial charge in [-0.3, -0.25) is 4.79 Å². The van der Waals surface area contributed by atoms with E-state index >= 15 is 0 Å². The predicted octanol–water partition coefficient (Wildman–Crippen LogP) is 2.52. The molecule has 0 spiro atoms. The first kappa shape index (κ1) is 15.5. The second-order valence-corrected chi connectivity index (χ2v) is 5.39. The number of amides is 1. The van der Waals surface area contributed by atoms with E-state index in [1.807, 2.05) is 13.8 Å². The Kier molecular flexibility index (Phi) is 4.63. The van der Waals surface area contributed by atoms with Gasteiger partial charge in [-0.15, -0.1) is 0 Å². The maximum Gasteiger partial charge on any atom is 0.224 e. The van der Waals surface area contributed by atoms with Crippen molar-refractivity contribution in [3.8, 4) is 0 Å². The first-order valence-corrected chi connectivity index (χ1v) is 7.22. The fourth-order valence-electron chi connectivity index (χ4n) is 2.30. The Morgan fingerprint density at radius 1 is 1.38 bits per heavy atom. The molecule has 0 aliphatic carbocycles. The Balaban J connectivity index is 2.03. The third kappa shape index (κ3) is 3.61.